The smallest absolute Gasteiger partial charge is 0.385 e. The first kappa shape index (κ1) is 27.6. The van der Waals surface area contributed by atoms with Crippen LogP contribution in [-0.4, -0.2) is 85.2 Å². The molecule has 0 bridgehead atoms. The fraction of sp³-hybridized carbons (Fsp3) is 0.571. The molecule has 0 aliphatic carbocycles. The number of amides is 1. The standard InChI is InChI=1S/C14H21ClN6O12P2/c1-29-35(28,33-34(26,27)30-3-2-17-6(22)4-15)32-13-9(24)8(23)12(31-13)21-5-18-7-10(21)19-14(16)20-11(7)25/h5,8-9,12-13,23-24H,2-4H2,1H3,(H,17,22)(H,26,27)(H3,16,19,20,25)/t8-,9+,12-,13-,35?/m1/s1. The summed E-state index contributed by atoms with van der Waals surface area (Å²) in [5, 5.41) is 23.0. The number of H-pyrrole nitrogens is 1. The van der Waals surface area contributed by atoms with Crippen LogP contribution in [0.5, 0.6) is 0 Å². The van der Waals surface area contributed by atoms with Crippen LogP contribution >= 0.6 is 27.2 Å². The van der Waals surface area contributed by atoms with Crippen molar-refractivity contribution in [2.75, 3.05) is 31.9 Å². The normalized spacial score (nSPS) is 25.9. The lowest BCUT2D eigenvalue weighted by Gasteiger charge is -2.22. The van der Waals surface area contributed by atoms with E-state index in [-0.39, 0.29) is 29.5 Å². The number of nitrogen functional groups attached to an aromatic ring is 1. The molecule has 3 rings (SSSR count). The molecule has 2 aromatic heterocycles. The minimum Gasteiger partial charge on any atom is -0.385 e. The number of nitrogens with one attached hydrogen (secondary N) is 2. The van der Waals surface area contributed by atoms with Crippen LogP contribution in [0.3, 0.4) is 0 Å². The van der Waals surface area contributed by atoms with Gasteiger partial charge in [-0.3, -0.25) is 32.7 Å². The Labute approximate surface area is 200 Å². The number of halogens is 1. The van der Waals surface area contributed by atoms with E-state index in [0.29, 0.717) is 0 Å². The van der Waals surface area contributed by atoms with Gasteiger partial charge < -0.3 is 30.9 Å². The number of nitrogens with zero attached hydrogens (tertiary/aromatic N) is 3. The van der Waals surface area contributed by atoms with E-state index in [1.807, 2.05) is 0 Å². The van der Waals surface area contributed by atoms with E-state index < -0.39 is 58.4 Å². The molecule has 2 aromatic rings. The van der Waals surface area contributed by atoms with Gasteiger partial charge in [0.15, 0.2) is 23.7 Å². The Kier molecular flexibility index (Phi) is 8.67. The third-order valence-electron chi connectivity index (χ3n) is 4.38. The molecule has 196 valence electrons. The van der Waals surface area contributed by atoms with Gasteiger partial charge in [0, 0.05) is 13.7 Å². The molecule has 1 aliphatic rings. The number of carbonyl (C=O) groups excluding carboxylic acids is 1. The zero-order valence-electron chi connectivity index (χ0n) is 17.7. The van der Waals surface area contributed by atoms with Crippen LogP contribution in [-0.2, 0) is 36.5 Å². The third kappa shape index (κ3) is 6.44. The van der Waals surface area contributed by atoms with E-state index in [1.54, 1.807) is 0 Å². The van der Waals surface area contributed by atoms with Gasteiger partial charge in [-0.1, -0.05) is 0 Å². The van der Waals surface area contributed by atoms with Gasteiger partial charge in [-0.2, -0.15) is 9.29 Å². The van der Waals surface area contributed by atoms with Crippen molar-refractivity contribution in [1.29, 1.82) is 0 Å². The molecule has 18 nitrogen and oxygen atoms in total. The van der Waals surface area contributed by atoms with E-state index in [4.69, 9.17) is 26.6 Å². The molecule has 6 atom stereocenters. The van der Waals surface area contributed by atoms with E-state index in [9.17, 15) is 33.8 Å². The zero-order chi connectivity index (χ0) is 26.0. The van der Waals surface area contributed by atoms with Crippen molar-refractivity contribution in [3.8, 4) is 0 Å². The van der Waals surface area contributed by atoms with Crippen molar-refractivity contribution in [2.24, 2.45) is 0 Å². The van der Waals surface area contributed by atoms with Gasteiger partial charge in [-0.15, -0.1) is 11.6 Å². The number of aliphatic hydroxyl groups is 2. The highest BCUT2D eigenvalue weighted by atomic mass is 35.5. The van der Waals surface area contributed by atoms with Gasteiger partial charge in [-0.05, 0) is 0 Å². The maximum Gasteiger partial charge on any atom is 0.485 e. The SMILES string of the molecule is COP(=O)(O[C@H]1O[C@@H](n2cnc3c(=O)[nH]c(N)nc32)[C@H](O)[C@@H]1O)OP(=O)(O)OCCNC(=O)CCl. The van der Waals surface area contributed by atoms with Crippen LogP contribution in [0, 0.1) is 0 Å². The lowest BCUT2D eigenvalue weighted by atomic mass is 10.2. The zero-order valence-corrected chi connectivity index (χ0v) is 20.3. The molecule has 0 aromatic carbocycles. The predicted molar refractivity (Wildman–Crippen MR) is 115 cm³/mol. The lowest BCUT2D eigenvalue weighted by molar-refractivity contribution is -0.134. The maximum atomic E-state index is 12.8. The fourth-order valence-corrected chi connectivity index (χ4v) is 5.40. The van der Waals surface area contributed by atoms with E-state index >= 15 is 0 Å². The number of fused-ring (bicyclic) bond motifs is 1. The van der Waals surface area contributed by atoms with Crippen molar-refractivity contribution < 1.29 is 51.6 Å². The number of hydrogen-bond acceptors (Lipinski definition) is 14. The van der Waals surface area contributed by atoms with Gasteiger partial charge in [0.25, 0.3) is 5.56 Å². The minimum atomic E-state index is -5.07. The summed E-state index contributed by atoms with van der Waals surface area (Å²) >= 11 is 5.28. The largest absolute Gasteiger partial charge is 0.485 e. The van der Waals surface area contributed by atoms with Crippen molar-refractivity contribution in [3.63, 3.8) is 0 Å². The summed E-state index contributed by atoms with van der Waals surface area (Å²) in [7, 11) is -9.20. The number of aromatic amines is 1. The number of imidazole rings is 1. The Morgan fingerprint density at radius 1 is 1.40 bits per heavy atom. The average Bonchev–Trinajstić information content (AvgIpc) is 3.32. The number of phosphoric ester groups is 2. The number of aliphatic hydroxyl groups excluding tert-OH is 2. The van der Waals surface area contributed by atoms with Crippen LogP contribution in [0.25, 0.3) is 11.2 Å². The first-order chi connectivity index (χ1) is 16.4. The maximum absolute atomic E-state index is 12.8. The van der Waals surface area contributed by atoms with Gasteiger partial charge >= 0.3 is 15.6 Å². The van der Waals surface area contributed by atoms with Gasteiger partial charge in [0.2, 0.25) is 11.9 Å². The monoisotopic (exact) mass is 562 g/mol. The van der Waals surface area contributed by atoms with Crippen molar-refractivity contribution in [1.82, 2.24) is 24.8 Å². The highest BCUT2D eigenvalue weighted by Crippen LogP contribution is 2.64. The molecule has 0 spiro atoms. The lowest BCUT2D eigenvalue weighted by Crippen LogP contribution is -2.32. The molecule has 21 heteroatoms. The van der Waals surface area contributed by atoms with Crippen LogP contribution in [0.1, 0.15) is 6.23 Å². The number of phosphoric acid groups is 2. The first-order valence-electron chi connectivity index (χ1n) is 9.49. The molecule has 0 saturated carbocycles. The summed E-state index contributed by atoms with van der Waals surface area (Å²) in [5.41, 5.74) is 4.59. The highest BCUT2D eigenvalue weighted by Gasteiger charge is 2.50. The van der Waals surface area contributed by atoms with Gasteiger partial charge in [0.05, 0.1) is 12.9 Å². The minimum absolute atomic E-state index is 0.108. The van der Waals surface area contributed by atoms with E-state index in [2.05, 4.69) is 33.6 Å². The second kappa shape index (κ2) is 11.0. The number of anilines is 1. The molecule has 1 saturated heterocycles. The summed E-state index contributed by atoms with van der Waals surface area (Å²) in [5.74, 6) is -1.17. The Balaban J connectivity index is 1.71. The number of nitrogens with two attached hydrogens (primary N) is 1. The second-order valence-corrected chi connectivity index (χ2v) is 10.3. The van der Waals surface area contributed by atoms with E-state index in [0.717, 1.165) is 18.0 Å². The summed E-state index contributed by atoms with van der Waals surface area (Å²) in [6, 6.07) is 0. The molecule has 1 fully saturated rings. The molecule has 2 unspecified atom stereocenters. The Morgan fingerprint density at radius 2 is 2.11 bits per heavy atom. The number of aromatic nitrogens is 4. The Morgan fingerprint density at radius 3 is 2.77 bits per heavy atom. The molecule has 3 heterocycles. The number of ether oxygens (including phenoxy) is 1. The number of rotatable bonds is 11. The van der Waals surface area contributed by atoms with Crippen LogP contribution in [0.15, 0.2) is 11.1 Å². The second-order valence-electron chi connectivity index (χ2n) is 6.75. The van der Waals surface area contributed by atoms with Gasteiger partial charge in [-0.25, -0.2) is 14.1 Å². The third-order valence-corrected chi connectivity index (χ3v) is 7.67. The van der Waals surface area contributed by atoms with Crippen LogP contribution in [0.4, 0.5) is 5.95 Å². The average molecular weight is 563 g/mol. The Hall–Kier alpha value is -1.95. The fourth-order valence-electron chi connectivity index (χ4n) is 2.85. The van der Waals surface area contributed by atoms with Crippen molar-refractivity contribution in [2.45, 2.75) is 24.7 Å². The van der Waals surface area contributed by atoms with Crippen molar-refractivity contribution >= 4 is 50.3 Å². The van der Waals surface area contributed by atoms with Crippen LogP contribution < -0.4 is 16.6 Å². The van der Waals surface area contributed by atoms with Crippen LogP contribution in [0.2, 0.25) is 0 Å². The molecule has 7 N–H and O–H groups in total. The topological polar surface area (TPSA) is 260 Å². The first-order valence-corrected chi connectivity index (χ1v) is 13.0. The molecule has 35 heavy (non-hydrogen) atoms. The number of hydrogen-bond donors (Lipinski definition) is 6. The number of alkyl halides is 1. The van der Waals surface area contributed by atoms with Crippen molar-refractivity contribution in [3.05, 3.63) is 16.7 Å². The summed E-state index contributed by atoms with van der Waals surface area (Å²) in [4.78, 5) is 42.8. The molecule has 1 aliphatic heterocycles. The van der Waals surface area contributed by atoms with E-state index in [1.165, 1.54) is 0 Å². The quantitative estimate of drug-likeness (QED) is 0.104. The number of carbonyl (C=O) groups is 1. The summed E-state index contributed by atoms with van der Waals surface area (Å²) in [6.07, 6.45) is -5.94. The predicted octanol–water partition coefficient (Wildman–Crippen LogP) is -1.46. The molecular formula is C14H21ClN6O12P2. The summed E-state index contributed by atoms with van der Waals surface area (Å²) < 4.78 is 49.8. The Bertz CT molecular complexity index is 1220. The summed E-state index contributed by atoms with van der Waals surface area (Å²) in [6.45, 7) is -0.761. The van der Waals surface area contributed by atoms with Gasteiger partial charge in [0.1, 0.15) is 18.1 Å². The highest BCUT2D eigenvalue weighted by molar-refractivity contribution is 7.61. The molecule has 1 amide bonds. The molecule has 0 radical (unpaired) electrons. The molecular weight excluding hydrogens is 542 g/mol.